The van der Waals surface area contributed by atoms with Gasteiger partial charge in [0.2, 0.25) is 11.8 Å². The first kappa shape index (κ1) is 18.4. The number of nitrogens with zero attached hydrogens (tertiary/aromatic N) is 2. The Hall–Kier alpha value is -2.41. The van der Waals surface area contributed by atoms with Crippen molar-refractivity contribution in [1.29, 1.82) is 0 Å². The fourth-order valence-corrected chi connectivity index (χ4v) is 3.26. The maximum Gasteiger partial charge on any atom is 0.251 e. The molecule has 7 heteroatoms. The summed E-state index contributed by atoms with van der Waals surface area (Å²) in [4.78, 5) is 40.4. The van der Waals surface area contributed by atoms with E-state index >= 15 is 0 Å². The molecule has 3 rings (SSSR count). The molecule has 1 heterocycles. The van der Waals surface area contributed by atoms with Crippen molar-refractivity contribution in [3.63, 3.8) is 0 Å². The van der Waals surface area contributed by atoms with Crippen LogP contribution < -0.4 is 5.32 Å². The van der Waals surface area contributed by atoms with Gasteiger partial charge in [0.25, 0.3) is 5.91 Å². The minimum Gasteiger partial charge on any atom is -0.395 e. The van der Waals surface area contributed by atoms with Crippen LogP contribution in [0.3, 0.4) is 0 Å². The monoisotopic (exact) mass is 359 g/mol. The standard InChI is InChI=1S/C19H25N3O4/c23-14-19(7-8-19)18(26)22-10-4-9-21(11-12-22)16(24)13-20-17(25)15-5-2-1-3-6-15/h1-3,5-6,23H,4,7-14H2,(H,20,25). The molecule has 3 amide bonds. The van der Waals surface area contributed by atoms with Gasteiger partial charge in [0.15, 0.2) is 0 Å². The topological polar surface area (TPSA) is 90.0 Å². The van der Waals surface area contributed by atoms with Gasteiger partial charge in [-0.1, -0.05) is 18.2 Å². The zero-order valence-electron chi connectivity index (χ0n) is 14.8. The molecule has 0 radical (unpaired) electrons. The van der Waals surface area contributed by atoms with Crippen molar-refractivity contribution in [3.8, 4) is 0 Å². The normalized spacial score (nSPS) is 18.8. The Morgan fingerprint density at radius 2 is 1.65 bits per heavy atom. The molecule has 1 saturated heterocycles. The molecule has 7 nitrogen and oxygen atoms in total. The molecule has 140 valence electrons. The summed E-state index contributed by atoms with van der Waals surface area (Å²) in [5.41, 5.74) is -0.0466. The second-order valence-corrected chi connectivity index (χ2v) is 7.01. The summed E-state index contributed by atoms with van der Waals surface area (Å²) in [6, 6.07) is 8.77. The fraction of sp³-hybridized carbons (Fsp3) is 0.526. The van der Waals surface area contributed by atoms with Crippen molar-refractivity contribution < 1.29 is 19.5 Å². The van der Waals surface area contributed by atoms with Crippen LogP contribution in [0.2, 0.25) is 0 Å². The number of benzene rings is 1. The van der Waals surface area contributed by atoms with Crippen LogP contribution in [-0.2, 0) is 9.59 Å². The van der Waals surface area contributed by atoms with Crippen LogP contribution >= 0.6 is 0 Å². The van der Waals surface area contributed by atoms with Gasteiger partial charge < -0.3 is 20.2 Å². The molecule has 0 spiro atoms. The number of rotatable bonds is 5. The third-order valence-corrected chi connectivity index (χ3v) is 5.18. The Morgan fingerprint density at radius 1 is 1.00 bits per heavy atom. The van der Waals surface area contributed by atoms with Gasteiger partial charge in [-0.25, -0.2) is 0 Å². The SMILES string of the molecule is O=C(NCC(=O)N1CCCN(C(=O)C2(CO)CC2)CC1)c1ccccc1. The summed E-state index contributed by atoms with van der Waals surface area (Å²) in [6.07, 6.45) is 2.19. The van der Waals surface area contributed by atoms with Crippen molar-refractivity contribution in [3.05, 3.63) is 35.9 Å². The molecular formula is C19H25N3O4. The second kappa shape index (κ2) is 7.86. The predicted octanol–water partition coefficient (Wildman–Crippen LogP) is 0.250. The maximum atomic E-state index is 12.5. The lowest BCUT2D eigenvalue weighted by Gasteiger charge is -2.25. The van der Waals surface area contributed by atoms with E-state index in [0.717, 1.165) is 12.8 Å². The quantitative estimate of drug-likeness (QED) is 0.789. The highest BCUT2D eigenvalue weighted by molar-refractivity contribution is 5.96. The molecule has 0 bridgehead atoms. The highest BCUT2D eigenvalue weighted by atomic mass is 16.3. The maximum absolute atomic E-state index is 12.5. The first-order valence-corrected chi connectivity index (χ1v) is 9.07. The van der Waals surface area contributed by atoms with E-state index in [1.54, 1.807) is 34.1 Å². The molecule has 1 aliphatic heterocycles. The largest absolute Gasteiger partial charge is 0.395 e. The van der Waals surface area contributed by atoms with E-state index in [9.17, 15) is 19.5 Å². The molecular weight excluding hydrogens is 334 g/mol. The van der Waals surface area contributed by atoms with Crippen molar-refractivity contribution in [2.45, 2.75) is 19.3 Å². The van der Waals surface area contributed by atoms with Crippen molar-refractivity contribution in [2.75, 3.05) is 39.3 Å². The molecule has 2 N–H and O–H groups in total. The Morgan fingerprint density at radius 3 is 2.31 bits per heavy atom. The molecule has 2 aliphatic rings. The van der Waals surface area contributed by atoms with Crippen LogP contribution in [0, 0.1) is 5.41 Å². The molecule has 0 aromatic heterocycles. The Bertz CT molecular complexity index is 673. The highest BCUT2D eigenvalue weighted by Crippen LogP contribution is 2.46. The van der Waals surface area contributed by atoms with Gasteiger partial charge in [-0.3, -0.25) is 14.4 Å². The predicted molar refractivity (Wildman–Crippen MR) is 95.3 cm³/mol. The number of hydrogen-bond donors (Lipinski definition) is 2. The van der Waals surface area contributed by atoms with Gasteiger partial charge in [0.05, 0.1) is 18.6 Å². The zero-order chi connectivity index (χ0) is 18.6. The van der Waals surface area contributed by atoms with Crippen molar-refractivity contribution in [1.82, 2.24) is 15.1 Å². The van der Waals surface area contributed by atoms with Crippen LogP contribution in [0.5, 0.6) is 0 Å². The minimum atomic E-state index is -0.567. The number of amides is 3. The van der Waals surface area contributed by atoms with Crippen LogP contribution in [0.25, 0.3) is 0 Å². The van der Waals surface area contributed by atoms with Crippen molar-refractivity contribution >= 4 is 17.7 Å². The van der Waals surface area contributed by atoms with E-state index in [4.69, 9.17) is 0 Å². The summed E-state index contributed by atoms with van der Waals surface area (Å²) in [7, 11) is 0. The minimum absolute atomic E-state index is 0.00618. The third kappa shape index (κ3) is 4.04. The lowest BCUT2D eigenvalue weighted by molar-refractivity contribution is -0.139. The fourth-order valence-electron chi connectivity index (χ4n) is 3.26. The lowest BCUT2D eigenvalue weighted by Crippen LogP contribution is -2.44. The molecule has 2 fully saturated rings. The van der Waals surface area contributed by atoms with Crippen LogP contribution in [0.4, 0.5) is 0 Å². The van der Waals surface area contributed by atoms with Crippen LogP contribution in [-0.4, -0.2) is 72.0 Å². The number of aliphatic hydroxyl groups excluding tert-OH is 1. The smallest absolute Gasteiger partial charge is 0.251 e. The lowest BCUT2D eigenvalue weighted by atomic mass is 10.1. The average Bonchev–Trinajstić information content (AvgIpc) is 3.50. The third-order valence-electron chi connectivity index (χ3n) is 5.18. The number of hydrogen-bond acceptors (Lipinski definition) is 4. The molecule has 0 unspecified atom stereocenters. The van der Waals surface area contributed by atoms with E-state index in [-0.39, 0.29) is 30.9 Å². The molecule has 0 atom stereocenters. The summed E-state index contributed by atoms with van der Waals surface area (Å²) in [5.74, 6) is -0.414. The number of carbonyl (C=O) groups excluding carboxylic acids is 3. The Balaban J connectivity index is 1.48. The first-order valence-electron chi connectivity index (χ1n) is 9.07. The average molecular weight is 359 g/mol. The number of aliphatic hydroxyl groups is 1. The number of carbonyl (C=O) groups is 3. The van der Waals surface area contributed by atoms with Crippen LogP contribution in [0.15, 0.2) is 30.3 Å². The molecule has 1 aromatic rings. The molecule has 1 aromatic carbocycles. The van der Waals surface area contributed by atoms with E-state index in [2.05, 4.69) is 5.32 Å². The summed E-state index contributed by atoms with van der Waals surface area (Å²) in [6.45, 7) is 1.93. The van der Waals surface area contributed by atoms with Gasteiger partial charge in [0.1, 0.15) is 0 Å². The highest BCUT2D eigenvalue weighted by Gasteiger charge is 2.51. The zero-order valence-corrected chi connectivity index (χ0v) is 14.8. The summed E-state index contributed by atoms with van der Waals surface area (Å²) < 4.78 is 0. The molecule has 1 saturated carbocycles. The Labute approximate surface area is 153 Å². The Kier molecular flexibility index (Phi) is 5.56. The molecule has 1 aliphatic carbocycles. The van der Waals surface area contributed by atoms with Gasteiger partial charge in [-0.2, -0.15) is 0 Å². The summed E-state index contributed by atoms with van der Waals surface area (Å²) >= 11 is 0. The first-order chi connectivity index (χ1) is 12.6. The van der Waals surface area contributed by atoms with Gasteiger partial charge in [0, 0.05) is 31.7 Å². The van der Waals surface area contributed by atoms with E-state index in [1.807, 2.05) is 6.07 Å². The molecule has 26 heavy (non-hydrogen) atoms. The second-order valence-electron chi connectivity index (χ2n) is 7.01. The van der Waals surface area contributed by atoms with E-state index in [0.29, 0.717) is 38.2 Å². The van der Waals surface area contributed by atoms with E-state index < -0.39 is 5.41 Å². The van der Waals surface area contributed by atoms with Gasteiger partial charge >= 0.3 is 0 Å². The van der Waals surface area contributed by atoms with Gasteiger partial charge in [-0.05, 0) is 31.4 Å². The van der Waals surface area contributed by atoms with E-state index in [1.165, 1.54) is 0 Å². The number of nitrogens with one attached hydrogen (secondary N) is 1. The van der Waals surface area contributed by atoms with Crippen molar-refractivity contribution in [2.24, 2.45) is 5.41 Å². The van der Waals surface area contributed by atoms with Crippen LogP contribution in [0.1, 0.15) is 29.6 Å². The summed E-state index contributed by atoms with van der Waals surface area (Å²) in [5, 5.41) is 12.1. The van der Waals surface area contributed by atoms with Gasteiger partial charge in [-0.15, -0.1) is 0 Å².